The van der Waals surface area contributed by atoms with Crippen LogP contribution in [0.5, 0.6) is 0 Å². The van der Waals surface area contributed by atoms with Crippen LogP contribution in [0.4, 0.5) is 0 Å². The summed E-state index contributed by atoms with van der Waals surface area (Å²) in [7, 11) is 0. The van der Waals surface area contributed by atoms with Crippen LogP contribution >= 0.6 is 22.9 Å². The Hall–Kier alpha value is -1.25. The first kappa shape index (κ1) is 12.2. The second kappa shape index (κ2) is 4.94. The van der Waals surface area contributed by atoms with Crippen molar-refractivity contribution in [1.29, 1.82) is 0 Å². The van der Waals surface area contributed by atoms with E-state index in [-0.39, 0.29) is 0 Å². The van der Waals surface area contributed by atoms with Gasteiger partial charge in [-0.2, -0.15) is 0 Å². The van der Waals surface area contributed by atoms with E-state index in [1.165, 1.54) is 4.70 Å². The van der Waals surface area contributed by atoms with Crippen molar-refractivity contribution in [3.05, 3.63) is 58.8 Å². The Kier molecular flexibility index (Phi) is 3.55. The molecule has 3 heteroatoms. The molecule has 2 aromatic rings. The molecular weight excluding hydrogens is 252 g/mol. The molecule has 1 aromatic carbocycles. The van der Waals surface area contributed by atoms with Gasteiger partial charge in [-0.25, -0.2) is 0 Å². The molecule has 0 bridgehead atoms. The summed E-state index contributed by atoms with van der Waals surface area (Å²) in [5.41, 5.74) is 0. The highest BCUT2D eigenvalue weighted by atomic mass is 35.5. The van der Waals surface area contributed by atoms with Crippen LogP contribution in [0.2, 0.25) is 5.02 Å². The van der Waals surface area contributed by atoms with Crippen molar-refractivity contribution in [3.8, 4) is 0 Å². The minimum absolute atomic E-state index is 0.630. The Morgan fingerprint density at radius 2 is 2.06 bits per heavy atom. The molecule has 1 heterocycles. The van der Waals surface area contributed by atoms with Crippen LogP contribution in [0.1, 0.15) is 11.8 Å². The number of ether oxygens (including phenoxy) is 1. The van der Waals surface area contributed by atoms with Gasteiger partial charge in [-0.3, -0.25) is 0 Å². The lowest BCUT2D eigenvalue weighted by atomic mass is 10.2. The van der Waals surface area contributed by atoms with Gasteiger partial charge in [-0.15, -0.1) is 11.3 Å². The summed E-state index contributed by atoms with van der Waals surface area (Å²) in [6.45, 7) is 9.36. The average molecular weight is 265 g/mol. The number of allylic oxidation sites excluding steroid dienone is 2. The van der Waals surface area contributed by atoms with Crippen molar-refractivity contribution in [3.63, 3.8) is 0 Å². The van der Waals surface area contributed by atoms with Gasteiger partial charge in [0.1, 0.15) is 5.76 Å². The van der Waals surface area contributed by atoms with Crippen LogP contribution < -0.4 is 0 Å². The zero-order valence-electron chi connectivity index (χ0n) is 9.63. The second-order valence-corrected chi connectivity index (χ2v) is 5.37. The molecule has 0 aliphatic carbocycles. The molecule has 0 fully saturated rings. The van der Waals surface area contributed by atoms with Gasteiger partial charge in [0.2, 0.25) is 0 Å². The van der Waals surface area contributed by atoms with Gasteiger partial charge >= 0.3 is 0 Å². The summed E-state index contributed by atoms with van der Waals surface area (Å²) in [5, 5.41) is 1.90. The van der Waals surface area contributed by atoms with Gasteiger partial charge in [-0.05, 0) is 13.0 Å². The van der Waals surface area contributed by atoms with E-state index in [9.17, 15) is 0 Å². The fraction of sp³-hybridized carbons (Fsp3) is 0.143. The fourth-order valence-corrected chi connectivity index (χ4v) is 3.17. The SMILES string of the molecule is C=C(C)OC(=C)Cc1sc2ccccc2c1Cl. The summed E-state index contributed by atoms with van der Waals surface area (Å²) >= 11 is 8.01. The molecule has 0 radical (unpaired) electrons. The van der Waals surface area contributed by atoms with Gasteiger partial charge in [0, 0.05) is 21.4 Å². The van der Waals surface area contributed by atoms with Gasteiger partial charge in [0.05, 0.1) is 10.8 Å². The summed E-state index contributed by atoms with van der Waals surface area (Å²) in [6, 6.07) is 8.10. The Morgan fingerprint density at radius 1 is 1.35 bits per heavy atom. The molecular formula is C14H13ClOS. The number of fused-ring (bicyclic) bond motifs is 1. The van der Waals surface area contributed by atoms with Crippen molar-refractivity contribution < 1.29 is 4.74 Å². The molecule has 1 nitrogen and oxygen atoms in total. The van der Waals surface area contributed by atoms with Crippen molar-refractivity contribution in [2.45, 2.75) is 13.3 Å². The number of rotatable bonds is 4. The van der Waals surface area contributed by atoms with Gasteiger partial charge in [0.25, 0.3) is 0 Å². The number of thiophene rings is 1. The Morgan fingerprint density at radius 3 is 2.71 bits per heavy atom. The fourth-order valence-electron chi connectivity index (χ4n) is 1.64. The van der Waals surface area contributed by atoms with E-state index in [2.05, 4.69) is 19.2 Å². The highest BCUT2D eigenvalue weighted by molar-refractivity contribution is 7.19. The Balaban J connectivity index is 2.27. The molecule has 0 unspecified atom stereocenters. The monoisotopic (exact) mass is 264 g/mol. The van der Waals surface area contributed by atoms with E-state index < -0.39 is 0 Å². The van der Waals surface area contributed by atoms with Crippen molar-refractivity contribution in [2.75, 3.05) is 0 Å². The van der Waals surface area contributed by atoms with Gasteiger partial charge < -0.3 is 4.74 Å². The average Bonchev–Trinajstić information content (AvgIpc) is 2.55. The molecule has 0 N–H and O–H groups in total. The molecule has 0 saturated heterocycles. The summed E-state index contributed by atoms with van der Waals surface area (Å²) < 4.78 is 6.55. The quantitative estimate of drug-likeness (QED) is 0.693. The smallest absolute Gasteiger partial charge is 0.102 e. The number of hydrogen-bond acceptors (Lipinski definition) is 2. The third-order valence-electron chi connectivity index (χ3n) is 2.28. The molecule has 0 spiro atoms. The van der Waals surface area contributed by atoms with E-state index in [4.69, 9.17) is 16.3 Å². The molecule has 0 amide bonds. The van der Waals surface area contributed by atoms with Crippen LogP contribution in [0.25, 0.3) is 10.1 Å². The number of halogens is 1. The third kappa shape index (κ3) is 2.71. The van der Waals surface area contributed by atoms with Crippen molar-refractivity contribution in [1.82, 2.24) is 0 Å². The highest BCUT2D eigenvalue weighted by Gasteiger charge is 2.11. The minimum Gasteiger partial charge on any atom is -0.467 e. The molecule has 2 rings (SSSR count). The Bertz CT molecular complexity index is 583. The minimum atomic E-state index is 0.630. The molecule has 0 aliphatic heterocycles. The zero-order chi connectivity index (χ0) is 12.4. The molecule has 1 aromatic heterocycles. The number of benzene rings is 1. The summed E-state index contributed by atoms with van der Waals surface area (Å²) in [5.74, 6) is 1.32. The zero-order valence-corrected chi connectivity index (χ0v) is 11.2. The first-order valence-electron chi connectivity index (χ1n) is 5.25. The maximum absolute atomic E-state index is 6.33. The lowest BCUT2D eigenvalue weighted by Crippen LogP contribution is -1.91. The van der Waals surface area contributed by atoms with Crippen LogP contribution in [-0.4, -0.2) is 0 Å². The molecule has 17 heavy (non-hydrogen) atoms. The summed E-state index contributed by atoms with van der Waals surface area (Å²) in [4.78, 5) is 1.08. The van der Waals surface area contributed by atoms with Crippen LogP contribution in [0.15, 0.2) is 48.9 Å². The lowest BCUT2D eigenvalue weighted by Gasteiger charge is -2.06. The van der Waals surface area contributed by atoms with E-state index in [1.54, 1.807) is 18.3 Å². The number of hydrogen-bond donors (Lipinski definition) is 0. The standard InChI is InChI=1S/C14H13ClOS/c1-9(2)16-10(3)8-13-14(15)11-6-4-5-7-12(11)17-13/h4-7H,1,3,8H2,2H3. The maximum atomic E-state index is 6.33. The van der Waals surface area contributed by atoms with Crippen LogP contribution in [-0.2, 0) is 11.2 Å². The van der Waals surface area contributed by atoms with Crippen LogP contribution in [0.3, 0.4) is 0 Å². The second-order valence-electron chi connectivity index (χ2n) is 3.85. The molecule has 0 atom stereocenters. The predicted octanol–water partition coefficient (Wildman–Crippen LogP) is 5.16. The topological polar surface area (TPSA) is 9.23 Å². The largest absolute Gasteiger partial charge is 0.467 e. The molecule has 0 aliphatic rings. The first-order chi connectivity index (χ1) is 8.08. The van der Waals surface area contributed by atoms with Crippen LogP contribution in [0, 0.1) is 0 Å². The first-order valence-corrected chi connectivity index (χ1v) is 6.44. The highest BCUT2D eigenvalue weighted by Crippen LogP contribution is 2.36. The van der Waals surface area contributed by atoms with E-state index >= 15 is 0 Å². The van der Waals surface area contributed by atoms with Crippen molar-refractivity contribution >= 4 is 33.0 Å². The van der Waals surface area contributed by atoms with E-state index in [1.807, 2.05) is 18.2 Å². The van der Waals surface area contributed by atoms with E-state index in [0.29, 0.717) is 17.9 Å². The Labute approximate surface area is 110 Å². The maximum Gasteiger partial charge on any atom is 0.102 e. The summed E-state index contributed by atoms with van der Waals surface area (Å²) in [6.07, 6.45) is 0.630. The van der Waals surface area contributed by atoms with Crippen molar-refractivity contribution in [2.24, 2.45) is 0 Å². The van der Waals surface area contributed by atoms with E-state index in [0.717, 1.165) is 15.3 Å². The molecule has 88 valence electrons. The third-order valence-corrected chi connectivity index (χ3v) is 3.99. The predicted molar refractivity (Wildman–Crippen MR) is 75.6 cm³/mol. The lowest BCUT2D eigenvalue weighted by molar-refractivity contribution is 0.303. The van der Waals surface area contributed by atoms with Gasteiger partial charge in [-0.1, -0.05) is 43.0 Å². The normalized spacial score (nSPS) is 10.5. The van der Waals surface area contributed by atoms with Gasteiger partial charge in [0.15, 0.2) is 0 Å². The molecule has 0 saturated carbocycles.